The number of imidazole rings is 1. The Bertz CT molecular complexity index is 1550. The van der Waals surface area contributed by atoms with E-state index in [1.54, 1.807) is 30.6 Å². The number of fused-ring (bicyclic) bond motifs is 2. The van der Waals surface area contributed by atoms with Gasteiger partial charge in [-0.15, -0.1) is 0 Å². The molecule has 1 aliphatic carbocycles. The molecule has 3 heterocycles. The van der Waals surface area contributed by atoms with Crippen molar-refractivity contribution < 1.29 is 4.79 Å². The lowest BCUT2D eigenvalue weighted by Gasteiger charge is -2.21. The summed E-state index contributed by atoms with van der Waals surface area (Å²) in [5, 5.41) is 14.9. The topological polar surface area (TPSA) is 125 Å². The zero-order valence-corrected chi connectivity index (χ0v) is 24.6. The van der Waals surface area contributed by atoms with Crippen LogP contribution in [0.3, 0.4) is 0 Å². The van der Waals surface area contributed by atoms with E-state index in [2.05, 4.69) is 50.8 Å². The molecule has 1 fully saturated rings. The number of piperazine rings is 1. The second kappa shape index (κ2) is 15.1. The molecule has 6 rings (SSSR count). The van der Waals surface area contributed by atoms with Crippen molar-refractivity contribution in [3.63, 3.8) is 0 Å². The third-order valence-corrected chi connectivity index (χ3v) is 7.30. The van der Waals surface area contributed by atoms with Crippen molar-refractivity contribution in [1.82, 2.24) is 24.8 Å². The molecule has 216 valence electrons. The number of rotatable bonds is 4. The fourth-order valence-corrected chi connectivity index (χ4v) is 4.87. The van der Waals surface area contributed by atoms with E-state index < -0.39 is 0 Å². The fraction of sp³-hybridized carbons (Fsp3) is 0.250. The number of aromatic nitrogens is 3. The molecular formula is C32H35ClN8O. The molecule has 10 heteroatoms. The van der Waals surface area contributed by atoms with Crippen LogP contribution >= 0.6 is 11.6 Å². The lowest BCUT2D eigenvalue weighted by atomic mass is 9.92. The van der Waals surface area contributed by atoms with E-state index in [9.17, 15) is 4.79 Å². The third kappa shape index (κ3) is 8.12. The number of carbonyl (C=O) groups excluding carboxylic acids is 1. The smallest absolute Gasteiger partial charge is 0.211 e. The van der Waals surface area contributed by atoms with E-state index in [-0.39, 0.29) is 6.04 Å². The van der Waals surface area contributed by atoms with Gasteiger partial charge < -0.3 is 25.8 Å². The summed E-state index contributed by atoms with van der Waals surface area (Å²) >= 11 is 6.27. The number of nitriles is 1. The van der Waals surface area contributed by atoms with Gasteiger partial charge in [0.2, 0.25) is 6.41 Å². The lowest BCUT2D eigenvalue weighted by Crippen LogP contribution is -2.40. The van der Waals surface area contributed by atoms with Crippen LogP contribution in [-0.4, -0.2) is 59.1 Å². The first kappa shape index (κ1) is 30.6. The van der Waals surface area contributed by atoms with Gasteiger partial charge in [-0.3, -0.25) is 9.78 Å². The predicted octanol–water partition coefficient (Wildman–Crippen LogP) is 4.26. The summed E-state index contributed by atoms with van der Waals surface area (Å²) in [7, 11) is 4.11. The van der Waals surface area contributed by atoms with Gasteiger partial charge in [-0.25, -0.2) is 4.98 Å². The minimum Gasteiger partial charge on any atom is -0.336 e. The number of hydrogen-bond acceptors (Lipinski definition) is 7. The second-order valence-electron chi connectivity index (χ2n) is 10.0. The quantitative estimate of drug-likeness (QED) is 0.307. The van der Waals surface area contributed by atoms with Crippen molar-refractivity contribution in [3.05, 3.63) is 112 Å². The van der Waals surface area contributed by atoms with Gasteiger partial charge in [-0.1, -0.05) is 23.7 Å². The maximum atomic E-state index is 9.95. The number of carbonyl (C=O) groups is 1. The Morgan fingerprint density at radius 3 is 2.52 bits per heavy atom. The van der Waals surface area contributed by atoms with Crippen LogP contribution in [0.25, 0.3) is 11.6 Å². The van der Waals surface area contributed by atoms with Crippen molar-refractivity contribution >= 4 is 35.3 Å². The maximum Gasteiger partial charge on any atom is 0.211 e. The lowest BCUT2D eigenvalue weighted by molar-refractivity contribution is -0.105. The number of amides is 1. The average molecular weight is 583 g/mol. The molecule has 4 N–H and O–H groups in total. The first-order valence-corrected chi connectivity index (χ1v) is 14.0. The van der Waals surface area contributed by atoms with E-state index in [4.69, 9.17) is 22.6 Å². The molecular weight excluding hydrogens is 548 g/mol. The van der Waals surface area contributed by atoms with Gasteiger partial charge in [0.05, 0.1) is 41.6 Å². The number of benzene rings is 2. The Labute approximate surface area is 251 Å². The molecule has 9 nitrogen and oxygen atoms in total. The number of nitrogens with one attached hydrogen (secondary N) is 2. The number of anilines is 1. The number of aryl methyl sites for hydroxylation is 1. The molecule has 1 aliphatic heterocycles. The average Bonchev–Trinajstić information content (AvgIpc) is 3.37. The summed E-state index contributed by atoms with van der Waals surface area (Å²) in [6.45, 7) is 4.74. The van der Waals surface area contributed by atoms with Crippen LogP contribution in [0, 0.1) is 11.3 Å². The van der Waals surface area contributed by atoms with E-state index in [1.807, 2.05) is 48.3 Å². The highest BCUT2D eigenvalue weighted by Gasteiger charge is 2.23. The first-order valence-electron chi connectivity index (χ1n) is 13.6. The van der Waals surface area contributed by atoms with Crippen LogP contribution in [0.5, 0.6) is 0 Å². The molecule has 42 heavy (non-hydrogen) atoms. The molecule has 0 saturated carbocycles. The zero-order valence-electron chi connectivity index (χ0n) is 23.8. The van der Waals surface area contributed by atoms with Crippen molar-refractivity contribution in [1.29, 1.82) is 5.26 Å². The molecule has 0 spiro atoms. The molecule has 1 atom stereocenters. The van der Waals surface area contributed by atoms with Gasteiger partial charge in [0, 0.05) is 56.6 Å². The van der Waals surface area contributed by atoms with Crippen LogP contribution in [-0.2, 0) is 18.3 Å². The van der Waals surface area contributed by atoms with Gasteiger partial charge in [0.25, 0.3) is 0 Å². The van der Waals surface area contributed by atoms with Crippen LogP contribution < -0.4 is 16.4 Å². The van der Waals surface area contributed by atoms with Crippen molar-refractivity contribution in [2.24, 2.45) is 12.8 Å². The van der Waals surface area contributed by atoms with Gasteiger partial charge in [-0.05, 0) is 77.9 Å². The number of halogens is 1. The number of nitrogens with two attached hydrogens (primary N) is 1. The minimum absolute atomic E-state index is 0.291. The van der Waals surface area contributed by atoms with E-state index in [1.165, 1.54) is 18.7 Å². The molecule has 0 radical (unpaired) electrons. The molecule has 4 aromatic rings. The van der Waals surface area contributed by atoms with E-state index in [0.717, 1.165) is 47.6 Å². The predicted molar refractivity (Wildman–Crippen MR) is 168 cm³/mol. The van der Waals surface area contributed by atoms with Gasteiger partial charge >= 0.3 is 0 Å². The Morgan fingerprint density at radius 1 is 1.14 bits per heavy atom. The number of pyridine rings is 1. The maximum absolute atomic E-state index is 9.95. The van der Waals surface area contributed by atoms with E-state index >= 15 is 0 Å². The largest absolute Gasteiger partial charge is 0.336 e. The van der Waals surface area contributed by atoms with Crippen LogP contribution in [0.2, 0.25) is 5.02 Å². The molecule has 2 aromatic carbocycles. The molecule has 0 bridgehead atoms. The number of hydrogen-bond donors (Lipinski definition) is 3. The number of likely N-dealkylation sites (N-methyl/N-ethyl adjacent to an activating group) is 1. The highest BCUT2D eigenvalue weighted by atomic mass is 35.5. The number of nitrogens with zero attached hydrogens (tertiary/aromatic N) is 5. The highest BCUT2D eigenvalue weighted by Crippen LogP contribution is 2.37. The zero-order chi connectivity index (χ0) is 29.9. The summed E-state index contributed by atoms with van der Waals surface area (Å²) in [5.41, 5.74) is 14.3. The highest BCUT2D eigenvalue weighted by molar-refractivity contribution is 6.30. The normalized spacial score (nSPS) is 14.6. The van der Waals surface area contributed by atoms with Crippen LogP contribution in [0.1, 0.15) is 39.7 Å². The molecule has 1 amide bonds. The second-order valence-corrected chi connectivity index (χ2v) is 10.5. The summed E-state index contributed by atoms with van der Waals surface area (Å²) in [6.07, 6.45) is 8.89. The Kier molecular flexibility index (Phi) is 11.0. The molecule has 1 saturated heterocycles. The first-order chi connectivity index (χ1) is 20.4. The SMILES string of the molecule is CN1CCNCC1.Cn1cncc1C(N)C1=Cc2cccnc2Cc2ccc(Cl)cc21.N#Cc1ccc(NC=O)cc1. The van der Waals surface area contributed by atoms with E-state index in [0.29, 0.717) is 22.7 Å². The van der Waals surface area contributed by atoms with Crippen LogP contribution in [0.15, 0.2) is 73.3 Å². The molecule has 2 aromatic heterocycles. The fourth-order valence-electron chi connectivity index (χ4n) is 4.70. The third-order valence-electron chi connectivity index (χ3n) is 7.07. The Morgan fingerprint density at radius 2 is 1.90 bits per heavy atom. The summed E-state index contributed by atoms with van der Waals surface area (Å²) < 4.78 is 1.95. The summed E-state index contributed by atoms with van der Waals surface area (Å²) in [4.78, 5) is 21.0. The molecule has 2 aliphatic rings. The van der Waals surface area contributed by atoms with Crippen LogP contribution in [0.4, 0.5) is 5.69 Å². The minimum atomic E-state index is -0.291. The summed E-state index contributed by atoms with van der Waals surface area (Å²) in [6, 6.07) is 18.3. The van der Waals surface area contributed by atoms with Gasteiger partial charge in [0.1, 0.15) is 0 Å². The monoisotopic (exact) mass is 582 g/mol. The standard InChI is InChI=1S/C19H17ClN4.C8H6N2O.C5H12N2/c1-24-11-22-10-18(24)19(21)16-7-13-3-2-6-23-17(13)8-12-4-5-14(20)9-15(12)16;9-5-7-1-3-8(4-2-7)10-6-11;1-7-4-2-6-3-5-7/h2-7,9-11,19H,8,21H2,1H3;1-4,6H,(H,10,11);6H,2-5H2,1H3. The van der Waals surface area contributed by atoms with Crippen molar-refractivity contribution in [2.45, 2.75) is 12.5 Å². The van der Waals surface area contributed by atoms with Crippen molar-refractivity contribution in [2.75, 3.05) is 38.5 Å². The van der Waals surface area contributed by atoms with Crippen molar-refractivity contribution in [3.8, 4) is 6.07 Å². The Hall–Kier alpha value is -4.33. The summed E-state index contributed by atoms with van der Waals surface area (Å²) in [5.74, 6) is 0. The Balaban J connectivity index is 0.000000185. The molecule has 1 unspecified atom stereocenters. The van der Waals surface area contributed by atoms with Gasteiger partial charge in [0.15, 0.2) is 0 Å². The van der Waals surface area contributed by atoms with Gasteiger partial charge in [-0.2, -0.15) is 5.26 Å².